The number of nitrogens with two attached hydrogens (primary N) is 1. The van der Waals surface area contributed by atoms with Crippen molar-refractivity contribution >= 4 is 38.5 Å². The third-order valence-corrected chi connectivity index (χ3v) is 7.06. The zero-order valence-corrected chi connectivity index (χ0v) is 22.7. The number of benzene rings is 3. The fourth-order valence-corrected chi connectivity index (χ4v) is 4.85. The number of aliphatic hydroxyl groups excluding tert-OH is 1. The molecule has 0 saturated heterocycles. The molecule has 12 heteroatoms. The molecule has 5 N–H and O–H groups in total. The van der Waals surface area contributed by atoms with Crippen LogP contribution in [0, 0.1) is 15.2 Å². The van der Waals surface area contributed by atoms with E-state index in [0.717, 1.165) is 33.4 Å². The minimum atomic E-state index is -4.11. The van der Waals surface area contributed by atoms with Crippen molar-refractivity contribution in [2.75, 3.05) is 13.7 Å². The molecule has 0 unspecified atom stereocenters. The molecule has 0 aromatic heterocycles. The van der Waals surface area contributed by atoms with E-state index >= 15 is 0 Å². The van der Waals surface area contributed by atoms with E-state index in [4.69, 9.17) is 9.88 Å². The van der Waals surface area contributed by atoms with Crippen molar-refractivity contribution in [3.8, 4) is 5.75 Å². The van der Waals surface area contributed by atoms with Crippen molar-refractivity contribution in [3.05, 3.63) is 92.6 Å². The van der Waals surface area contributed by atoms with Crippen molar-refractivity contribution in [1.29, 1.82) is 0 Å². The van der Waals surface area contributed by atoms with E-state index in [2.05, 4.69) is 33.2 Å². The number of sulfonamides is 1. The van der Waals surface area contributed by atoms with Crippen LogP contribution in [0.5, 0.6) is 5.75 Å². The van der Waals surface area contributed by atoms with E-state index in [9.17, 15) is 27.1 Å². The summed E-state index contributed by atoms with van der Waals surface area (Å²) < 4.78 is 57.4. The summed E-state index contributed by atoms with van der Waals surface area (Å²) in [6.07, 6.45) is -1.28. The van der Waals surface area contributed by atoms with Crippen LogP contribution in [0.4, 0.5) is 8.78 Å². The van der Waals surface area contributed by atoms with Gasteiger partial charge in [-0.1, -0.05) is 12.1 Å². The van der Waals surface area contributed by atoms with Gasteiger partial charge in [0.25, 0.3) is 5.91 Å². The molecule has 0 radical (unpaired) electrons. The molecule has 0 aliphatic carbocycles. The lowest BCUT2D eigenvalue weighted by Gasteiger charge is -2.25. The van der Waals surface area contributed by atoms with Gasteiger partial charge in [0, 0.05) is 22.7 Å². The molecule has 1 amide bonds. The highest BCUT2D eigenvalue weighted by atomic mass is 127. The molecule has 37 heavy (non-hydrogen) atoms. The Balaban J connectivity index is 1.83. The Labute approximate surface area is 227 Å². The molecule has 8 nitrogen and oxygen atoms in total. The zero-order valence-electron chi connectivity index (χ0n) is 19.7. The van der Waals surface area contributed by atoms with E-state index in [-0.39, 0.29) is 34.7 Å². The van der Waals surface area contributed by atoms with Crippen molar-refractivity contribution in [3.63, 3.8) is 0 Å². The second-order valence-electron chi connectivity index (χ2n) is 8.30. The molecule has 0 bridgehead atoms. The number of primary sulfonamides is 1. The topological polar surface area (TPSA) is 131 Å². The highest BCUT2D eigenvalue weighted by Crippen LogP contribution is 2.22. The maximum absolute atomic E-state index is 13.8. The Hall–Kier alpha value is -2.65. The average Bonchev–Trinajstić information content (AvgIpc) is 2.82. The Bertz CT molecular complexity index is 1350. The number of methoxy groups -OCH3 is 1. The van der Waals surface area contributed by atoms with Gasteiger partial charge in [-0.15, -0.1) is 0 Å². The third-order valence-electron chi connectivity index (χ3n) is 5.47. The second-order valence-corrected chi connectivity index (χ2v) is 11.1. The number of hydrogen-bond acceptors (Lipinski definition) is 6. The summed E-state index contributed by atoms with van der Waals surface area (Å²) in [4.78, 5) is 12.9. The van der Waals surface area contributed by atoms with Gasteiger partial charge in [0.15, 0.2) is 0 Å². The summed E-state index contributed by atoms with van der Waals surface area (Å²) in [6.45, 7) is 0.482. The first kappa shape index (κ1) is 28.9. The van der Waals surface area contributed by atoms with Crippen molar-refractivity contribution < 1.29 is 31.8 Å². The first-order chi connectivity index (χ1) is 17.5. The Morgan fingerprint density at radius 3 is 2.41 bits per heavy atom. The quantitative estimate of drug-likeness (QED) is 0.238. The van der Waals surface area contributed by atoms with Crippen LogP contribution in [0.1, 0.15) is 21.5 Å². The van der Waals surface area contributed by atoms with Crippen LogP contribution in [-0.2, 0) is 23.0 Å². The van der Waals surface area contributed by atoms with Gasteiger partial charge < -0.3 is 20.5 Å². The molecule has 3 aromatic rings. The average molecular weight is 645 g/mol. The van der Waals surface area contributed by atoms with Crippen molar-refractivity contribution in [1.82, 2.24) is 10.6 Å². The first-order valence-electron chi connectivity index (χ1n) is 11.1. The molecule has 0 aliphatic rings. The molecule has 2 atom stereocenters. The second kappa shape index (κ2) is 12.7. The maximum Gasteiger partial charge on any atom is 0.255 e. The molecule has 0 fully saturated rings. The fraction of sp³-hybridized carbons (Fsp3) is 0.240. The predicted molar refractivity (Wildman–Crippen MR) is 143 cm³/mol. The molecular formula is C25H26F2IN3O5S. The minimum Gasteiger partial charge on any atom is -0.496 e. The van der Waals surface area contributed by atoms with E-state index in [1.54, 1.807) is 0 Å². The summed E-state index contributed by atoms with van der Waals surface area (Å²) in [5.74, 6) is -2.28. The van der Waals surface area contributed by atoms with Crippen LogP contribution >= 0.6 is 22.6 Å². The van der Waals surface area contributed by atoms with Gasteiger partial charge in [0.05, 0.1) is 29.7 Å². The summed E-state index contributed by atoms with van der Waals surface area (Å²) >= 11 is 2.19. The van der Waals surface area contributed by atoms with Crippen LogP contribution in [0.3, 0.4) is 0 Å². The zero-order chi connectivity index (χ0) is 27.2. The number of rotatable bonds is 11. The minimum absolute atomic E-state index is 0.0442. The lowest BCUT2D eigenvalue weighted by atomic mass is 10.00. The Morgan fingerprint density at radius 2 is 1.78 bits per heavy atom. The standard InChI is InChI=1S/C25H26F2IN3O5S/c1-36-24-6-5-20(37(29,34)35)12-21(24)25(33)31-22(10-16-7-17(26)11-18(27)8-16)23(32)14-30-13-15-3-2-4-19(28)9-15/h2-9,11-12,22-23,30,32H,10,13-14H2,1H3,(H,31,33)(H2,29,34,35)/t22-,23-/m0/s1. The summed E-state index contributed by atoms with van der Waals surface area (Å²) in [5, 5.41) is 21.9. The predicted octanol–water partition coefficient (Wildman–Crippen LogP) is 2.72. The lowest BCUT2D eigenvalue weighted by Crippen LogP contribution is -2.48. The summed E-state index contributed by atoms with van der Waals surface area (Å²) in [6, 6.07) is 13.2. The van der Waals surface area contributed by atoms with Gasteiger partial charge in [0.1, 0.15) is 17.4 Å². The number of nitrogens with one attached hydrogen (secondary N) is 2. The normalized spacial score (nSPS) is 13.1. The molecule has 0 spiro atoms. The van der Waals surface area contributed by atoms with Crippen molar-refractivity contribution in [2.24, 2.45) is 5.14 Å². The van der Waals surface area contributed by atoms with Crippen LogP contribution in [-0.4, -0.2) is 45.2 Å². The largest absolute Gasteiger partial charge is 0.496 e. The van der Waals surface area contributed by atoms with E-state index < -0.39 is 39.7 Å². The summed E-state index contributed by atoms with van der Waals surface area (Å²) in [7, 11) is -2.80. The number of hydrogen-bond donors (Lipinski definition) is 4. The number of ether oxygens (including phenoxy) is 1. The molecule has 3 rings (SSSR count). The number of aliphatic hydroxyl groups is 1. The molecule has 0 heterocycles. The monoisotopic (exact) mass is 645 g/mol. The number of carbonyl (C=O) groups is 1. The van der Waals surface area contributed by atoms with E-state index in [1.807, 2.05) is 24.3 Å². The number of halogens is 3. The maximum atomic E-state index is 13.8. The molecule has 0 saturated carbocycles. The first-order valence-corrected chi connectivity index (χ1v) is 13.7. The van der Waals surface area contributed by atoms with Crippen LogP contribution in [0.25, 0.3) is 0 Å². The molecule has 198 valence electrons. The van der Waals surface area contributed by atoms with Gasteiger partial charge in [-0.3, -0.25) is 4.79 Å². The number of carbonyl (C=O) groups excluding carboxylic acids is 1. The Morgan fingerprint density at radius 1 is 1.08 bits per heavy atom. The highest BCUT2D eigenvalue weighted by Gasteiger charge is 2.25. The molecule has 3 aromatic carbocycles. The van der Waals surface area contributed by atoms with Gasteiger partial charge in [-0.25, -0.2) is 22.3 Å². The number of amides is 1. The van der Waals surface area contributed by atoms with Crippen LogP contribution in [0.2, 0.25) is 0 Å². The summed E-state index contributed by atoms with van der Waals surface area (Å²) in [5.41, 5.74) is 1.06. The Kier molecular flexibility index (Phi) is 9.95. The van der Waals surface area contributed by atoms with Crippen molar-refractivity contribution in [2.45, 2.75) is 30.0 Å². The molecular weight excluding hydrogens is 619 g/mol. The lowest BCUT2D eigenvalue weighted by molar-refractivity contribution is 0.0827. The fourth-order valence-electron chi connectivity index (χ4n) is 3.71. The van der Waals surface area contributed by atoms with Gasteiger partial charge >= 0.3 is 0 Å². The van der Waals surface area contributed by atoms with E-state index in [0.29, 0.717) is 6.54 Å². The van der Waals surface area contributed by atoms with Gasteiger partial charge in [-0.05, 0) is 82.6 Å². The SMILES string of the molecule is COc1ccc(S(N)(=O)=O)cc1C(=O)N[C@@H](Cc1cc(F)cc(F)c1)[C@@H](O)CNCc1cccc(I)c1. The van der Waals surface area contributed by atoms with E-state index in [1.165, 1.54) is 19.2 Å². The smallest absolute Gasteiger partial charge is 0.255 e. The third kappa shape index (κ3) is 8.43. The van der Waals surface area contributed by atoms with Crippen LogP contribution < -0.4 is 20.5 Å². The van der Waals surface area contributed by atoms with Crippen LogP contribution in [0.15, 0.2) is 65.6 Å². The van der Waals surface area contributed by atoms with Gasteiger partial charge in [0.2, 0.25) is 10.0 Å². The highest BCUT2D eigenvalue weighted by molar-refractivity contribution is 14.1. The van der Waals surface area contributed by atoms with Gasteiger partial charge in [-0.2, -0.15) is 0 Å². The molecule has 0 aliphatic heterocycles.